The highest BCUT2D eigenvalue weighted by Crippen LogP contribution is 2.13. The Morgan fingerprint density at radius 1 is 1.56 bits per heavy atom. The fourth-order valence-corrected chi connectivity index (χ4v) is 1.49. The lowest BCUT2D eigenvalue weighted by Crippen LogP contribution is -1.94. The number of aromatic carboxylic acids is 1. The molecule has 0 aliphatic carbocycles. The number of aromatic nitrogens is 2. The van der Waals surface area contributed by atoms with Gasteiger partial charge in [-0.2, -0.15) is 5.10 Å². The minimum absolute atomic E-state index is 0.0392. The number of carboxylic acids is 1. The van der Waals surface area contributed by atoms with Crippen LogP contribution in [0.5, 0.6) is 0 Å². The third kappa shape index (κ3) is 1.98. The second kappa shape index (κ2) is 3.84. The molecule has 0 fully saturated rings. The van der Waals surface area contributed by atoms with Crippen molar-refractivity contribution in [1.29, 1.82) is 0 Å². The van der Waals surface area contributed by atoms with E-state index in [-0.39, 0.29) is 5.76 Å². The first-order valence-corrected chi connectivity index (χ1v) is 4.88. The average molecular weight is 220 g/mol. The Hall–Kier alpha value is -2.04. The van der Waals surface area contributed by atoms with Crippen molar-refractivity contribution >= 4 is 5.97 Å². The Morgan fingerprint density at radius 2 is 2.31 bits per heavy atom. The molecule has 5 heteroatoms. The maximum absolute atomic E-state index is 10.6. The summed E-state index contributed by atoms with van der Waals surface area (Å²) in [4.78, 5) is 10.6. The van der Waals surface area contributed by atoms with Crippen molar-refractivity contribution in [3.63, 3.8) is 0 Å². The zero-order valence-electron chi connectivity index (χ0n) is 9.10. The lowest BCUT2D eigenvalue weighted by molar-refractivity contribution is 0.0660. The highest BCUT2D eigenvalue weighted by molar-refractivity contribution is 5.84. The number of nitrogens with zero attached hydrogens (tertiary/aromatic N) is 2. The van der Waals surface area contributed by atoms with E-state index in [1.807, 2.05) is 20.0 Å². The molecule has 0 amide bonds. The van der Waals surface area contributed by atoms with Crippen molar-refractivity contribution in [2.75, 3.05) is 0 Å². The smallest absolute Gasteiger partial charge is 0.371 e. The Bertz CT molecular complexity index is 506. The SMILES string of the molecule is Cc1cc(Cc2ccc(C(=O)O)o2)nn1C. The minimum Gasteiger partial charge on any atom is -0.475 e. The molecule has 2 heterocycles. The first kappa shape index (κ1) is 10.5. The zero-order chi connectivity index (χ0) is 11.7. The first-order chi connectivity index (χ1) is 7.56. The van der Waals surface area contributed by atoms with E-state index in [0.717, 1.165) is 11.4 Å². The third-order valence-corrected chi connectivity index (χ3v) is 2.39. The van der Waals surface area contributed by atoms with Crippen molar-refractivity contribution in [3.8, 4) is 0 Å². The van der Waals surface area contributed by atoms with Crippen LogP contribution < -0.4 is 0 Å². The quantitative estimate of drug-likeness (QED) is 0.853. The molecule has 0 atom stereocenters. The summed E-state index contributed by atoms with van der Waals surface area (Å²) < 4.78 is 6.92. The van der Waals surface area contributed by atoms with Gasteiger partial charge in [-0.05, 0) is 25.1 Å². The van der Waals surface area contributed by atoms with Gasteiger partial charge in [0, 0.05) is 12.7 Å². The van der Waals surface area contributed by atoms with Crippen LogP contribution in [0.4, 0.5) is 0 Å². The van der Waals surface area contributed by atoms with Crippen LogP contribution in [0.3, 0.4) is 0 Å². The molecule has 2 aromatic heterocycles. The molecule has 0 aliphatic rings. The van der Waals surface area contributed by atoms with Crippen LogP contribution in [0.2, 0.25) is 0 Å². The van der Waals surface area contributed by atoms with Gasteiger partial charge in [-0.3, -0.25) is 4.68 Å². The van der Waals surface area contributed by atoms with Gasteiger partial charge in [0.2, 0.25) is 5.76 Å². The van der Waals surface area contributed by atoms with Gasteiger partial charge < -0.3 is 9.52 Å². The highest BCUT2D eigenvalue weighted by Gasteiger charge is 2.10. The van der Waals surface area contributed by atoms with E-state index in [4.69, 9.17) is 9.52 Å². The molecule has 5 nitrogen and oxygen atoms in total. The van der Waals surface area contributed by atoms with Crippen LogP contribution in [-0.2, 0) is 13.5 Å². The molecule has 0 spiro atoms. The molecule has 0 saturated heterocycles. The molecular weight excluding hydrogens is 208 g/mol. The normalized spacial score (nSPS) is 10.6. The lowest BCUT2D eigenvalue weighted by Gasteiger charge is -1.92. The van der Waals surface area contributed by atoms with Crippen LogP contribution in [0.25, 0.3) is 0 Å². The summed E-state index contributed by atoms with van der Waals surface area (Å²) in [7, 11) is 1.86. The van der Waals surface area contributed by atoms with Gasteiger partial charge in [0.1, 0.15) is 5.76 Å². The Balaban J connectivity index is 2.17. The molecule has 0 aliphatic heterocycles. The Kier molecular flexibility index (Phi) is 2.52. The summed E-state index contributed by atoms with van der Waals surface area (Å²) in [5.41, 5.74) is 1.92. The van der Waals surface area contributed by atoms with Gasteiger partial charge in [-0.15, -0.1) is 0 Å². The number of rotatable bonds is 3. The fourth-order valence-electron chi connectivity index (χ4n) is 1.49. The average Bonchev–Trinajstić information content (AvgIpc) is 2.76. The molecular formula is C11H12N2O3. The predicted octanol–water partition coefficient (Wildman–Crippen LogP) is 1.61. The second-order valence-corrected chi connectivity index (χ2v) is 3.65. The van der Waals surface area contributed by atoms with Crippen molar-refractivity contribution in [2.24, 2.45) is 7.05 Å². The van der Waals surface area contributed by atoms with E-state index in [1.54, 1.807) is 10.7 Å². The Morgan fingerprint density at radius 3 is 2.81 bits per heavy atom. The summed E-state index contributed by atoms with van der Waals surface area (Å²) in [6.45, 7) is 1.96. The van der Waals surface area contributed by atoms with Crippen LogP contribution >= 0.6 is 0 Å². The van der Waals surface area contributed by atoms with Crippen molar-refractivity contribution in [2.45, 2.75) is 13.3 Å². The van der Waals surface area contributed by atoms with E-state index >= 15 is 0 Å². The summed E-state index contributed by atoms with van der Waals surface area (Å²) >= 11 is 0. The molecule has 1 N–H and O–H groups in total. The monoisotopic (exact) mass is 220 g/mol. The number of hydrogen-bond donors (Lipinski definition) is 1. The summed E-state index contributed by atoms with van der Waals surface area (Å²) in [6, 6.07) is 5.06. The number of aryl methyl sites for hydroxylation is 2. The Labute approximate surface area is 92.3 Å². The molecule has 16 heavy (non-hydrogen) atoms. The van der Waals surface area contributed by atoms with Gasteiger partial charge in [0.25, 0.3) is 0 Å². The van der Waals surface area contributed by atoms with Crippen molar-refractivity contribution in [3.05, 3.63) is 41.1 Å². The fraction of sp³-hybridized carbons (Fsp3) is 0.273. The van der Waals surface area contributed by atoms with Gasteiger partial charge in [-0.25, -0.2) is 4.79 Å². The number of furan rings is 1. The standard InChI is InChI=1S/C11H12N2O3/c1-7-5-8(12-13(7)2)6-9-3-4-10(16-9)11(14)15/h3-5H,6H2,1-2H3,(H,14,15). The van der Waals surface area contributed by atoms with E-state index in [0.29, 0.717) is 12.2 Å². The van der Waals surface area contributed by atoms with E-state index in [9.17, 15) is 4.79 Å². The number of carbonyl (C=O) groups is 1. The summed E-state index contributed by atoms with van der Waals surface area (Å²) in [6.07, 6.45) is 0.509. The number of hydrogen-bond acceptors (Lipinski definition) is 3. The molecule has 84 valence electrons. The molecule has 0 saturated carbocycles. The van der Waals surface area contributed by atoms with Gasteiger partial charge >= 0.3 is 5.97 Å². The molecule has 2 rings (SSSR count). The van der Waals surface area contributed by atoms with Gasteiger partial charge in [0.15, 0.2) is 0 Å². The minimum atomic E-state index is -1.05. The zero-order valence-corrected chi connectivity index (χ0v) is 9.10. The molecule has 0 bridgehead atoms. The molecule has 2 aromatic rings. The largest absolute Gasteiger partial charge is 0.475 e. The second-order valence-electron chi connectivity index (χ2n) is 3.65. The lowest BCUT2D eigenvalue weighted by atomic mass is 10.2. The maximum atomic E-state index is 10.6. The summed E-state index contributed by atoms with van der Waals surface area (Å²) in [5.74, 6) is -0.485. The topological polar surface area (TPSA) is 68.3 Å². The van der Waals surface area contributed by atoms with Crippen molar-refractivity contribution in [1.82, 2.24) is 9.78 Å². The van der Waals surface area contributed by atoms with Crippen LogP contribution in [0.1, 0.15) is 27.7 Å². The van der Waals surface area contributed by atoms with Crippen LogP contribution in [0.15, 0.2) is 22.6 Å². The van der Waals surface area contributed by atoms with Crippen LogP contribution in [-0.4, -0.2) is 20.9 Å². The molecule has 0 radical (unpaired) electrons. The van der Waals surface area contributed by atoms with E-state index in [2.05, 4.69) is 5.10 Å². The van der Waals surface area contributed by atoms with Crippen molar-refractivity contribution < 1.29 is 14.3 Å². The van der Waals surface area contributed by atoms with Gasteiger partial charge in [-0.1, -0.05) is 0 Å². The highest BCUT2D eigenvalue weighted by atomic mass is 16.4. The predicted molar refractivity (Wildman–Crippen MR) is 56.4 cm³/mol. The van der Waals surface area contributed by atoms with Gasteiger partial charge in [0.05, 0.1) is 12.1 Å². The molecule has 0 unspecified atom stereocenters. The third-order valence-electron chi connectivity index (χ3n) is 2.39. The van der Waals surface area contributed by atoms with E-state index in [1.165, 1.54) is 6.07 Å². The maximum Gasteiger partial charge on any atom is 0.371 e. The van der Waals surface area contributed by atoms with Crippen LogP contribution in [0, 0.1) is 6.92 Å². The van der Waals surface area contributed by atoms with E-state index < -0.39 is 5.97 Å². The number of carboxylic acid groups (broad SMARTS) is 1. The first-order valence-electron chi connectivity index (χ1n) is 4.88. The molecule has 0 aromatic carbocycles. The summed E-state index contributed by atoms with van der Waals surface area (Å²) in [5, 5.41) is 13.0.